The van der Waals surface area contributed by atoms with Crippen LogP contribution in [0.1, 0.15) is 15.6 Å². The van der Waals surface area contributed by atoms with E-state index in [0.29, 0.717) is 17.3 Å². The van der Waals surface area contributed by atoms with Crippen molar-refractivity contribution in [3.8, 4) is 0 Å². The standard InChI is InChI=1S/C11H9ClF2N2S/c12-5-4-10-15-16-11(17-10)6-7-8(13)2-1-3-9(7)14/h1-3H,4-6H2. The van der Waals surface area contributed by atoms with Crippen LogP contribution in [0.5, 0.6) is 0 Å². The fourth-order valence-corrected chi connectivity index (χ4v) is 2.54. The summed E-state index contributed by atoms with van der Waals surface area (Å²) >= 11 is 6.90. The molecular weight excluding hydrogens is 266 g/mol. The van der Waals surface area contributed by atoms with Crippen LogP contribution in [0.2, 0.25) is 0 Å². The third kappa shape index (κ3) is 2.98. The lowest BCUT2D eigenvalue weighted by Gasteiger charge is -2.01. The Labute approximate surface area is 106 Å². The molecule has 0 saturated heterocycles. The molecule has 1 heterocycles. The number of benzene rings is 1. The zero-order valence-electron chi connectivity index (χ0n) is 8.79. The van der Waals surface area contributed by atoms with E-state index in [2.05, 4.69) is 10.2 Å². The van der Waals surface area contributed by atoms with E-state index in [1.165, 1.54) is 29.5 Å². The molecule has 1 aromatic carbocycles. The Morgan fingerprint density at radius 2 is 1.76 bits per heavy atom. The van der Waals surface area contributed by atoms with Gasteiger partial charge in [0.15, 0.2) is 0 Å². The van der Waals surface area contributed by atoms with Crippen molar-refractivity contribution in [2.75, 3.05) is 5.88 Å². The van der Waals surface area contributed by atoms with Crippen LogP contribution in [0.25, 0.3) is 0 Å². The summed E-state index contributed by atoms with van der Waals surface area (Å²) in [4.78, 5) is 0. The van der Waals surface area contributed by atoms with Crippen LogP contribution >= 0.6 is 22.9 Å². The highest BCUT2D eigenvalue weighted by Crippen LogP contribution is 2.19. The second-order valence-corrected chi connectivity index (χ2v) is 4.93. The molecule has 1 aromatic heterocycles. The zero-order valence-corrected chi connectivity index (χ0v) is 10.4. The van der Waals surface area contributed by atoms with Gasteiger partial charge in [0.1, 0.15) is 21.6 Å². The van der Waals surface area contributed by atoms with Crippen molar-refractivity contribution in [1.82, 2.24) is 10.2 Å². The molecule has 0 atom stereocenters. The van der Waals surface area contributed by atoms with Gasteiger partial charge in [0.2, 0.25) is 0 Å². The van der Waals surface area contributed by atoms with Crippen molar-refractivity contribution in [3.63, 3.8) is 0 Å². The van der Waals surface area contributed by atoms with Gasteiger partial charge in [-0.1, -0.05) is 6.07 Å². The lowest BCUT2D eigenvalue weighted by Crippen LogP contribution is -1.96. The van der Waals surface area contributed by atoms with Crippen molar-refractivity contribution in [2.45, 2.75) is 12.8 Å². The van der Waals surface area contributed by atoms with Gasteiger partial charge in [-0.3, -0.25) is 0 Å². The summed E-state index contributed by atoms with van der Waals surface area (Å²) in [5.41, 5.74) is 0.0288. The highest BCUT2D eigenvalue weighted by atomic mass is 35.5. The summed E-state index contributed by atoms with van der Waals surface area (Å²) in [6, 6.07) is 3.81. The number of alkyl halides is 1. The number of nitrogens with zero attached hydrogens (tertiary/aromatic N) is 2. The van der Waals surface area contributed by atoms with Gasteiger partial charge in [-0.05, 0) is 12.1 Å². The van der Waals surface area contributed by atoms with Crippen LogP contribution in [0, 0.1) is 11.6 Å². The second kappa shape index (κ2) is 5.51. The van der Waals surface area contributed by atoms with Crippen molar-refractivity contribution < 1.29 is 8.78 Å². The minimum atomic E-state index is -0.556. The molecule has 0 aliphatic rings. The topological polar surface area (TPSA) is 25.8 Å². The predicted molar refractivity (Wildman–Crippen MR) is 63.5 cm³/mol. The third-order valence-electron chi connectivity index (χ3n) is 2.21. The minimum Gasteiger partial charge on any atom is -0.207 e. The third-order valence-corrected chi connectivity index (χ3v) is 3.38. The van der Waals surface area contributed by atoms with Gasteiger partial charge in [-0.2, -0.15) is 0 Å². The zero-order chi connectivity index (χ0) is 12.3. The Morgan fingerprint density at radius 1 is 1.12 bits per heavy atom. The SMILES string of the molecule is Fc1cccc(F)c1Cc1nnc(CCCl)s1. The Balaban J connectivity index is 2.19. The molecule has 0 amide bonds. The first-order valence-electron chi connectivity index (χ1n) is 5.01. The molecule has 0 saturated carbocycles. The number of aromatic nitrogens is 2. The fourth-order valence-electron chi connectivity index (χ4n) is 1.39. The summed E-state index contributed by atoms with van der Waals surface area (Å²) in [5, 5.41) is 9.17. The largest absolute Gasteiger partial charge is 0.207 e. The molecule has 0 spiro atoms. The van der Waals surface area contributed by atoms with Gasteiger partial charge in [0.25, 0.3) is 0 Å². The van der Waals surface area contributed by atoms with Gasteiger partial charge in [0, 0.05) is 24.3 Å². The maximum atomic E-state index is 13.4. The molecule has 2 aromatic rings. The van der Waals surface area contributed by atoms with Crippen molar-refractivity contribution >= 4 is 22.9 Å². The first-order chi connectivity index (χ1) is 8.20. The number of aryl methyl sites for hydroxylation is 1. The Hall–Kier alpha value is -1.07. The van der Waals surface area contributed by atoms with E-state index in [9.17, 15) is 8.78 Å². The Kier molecular flexibility index (Phi) is 4.02. The highest BCUT2D eigenvalue weighted by molar-refractivity contribution is 7.11. The van der Waals surface area contributed by atoms with Crippen molar-refractivity contribution in [3.05, 3.63) is 45.4 Å². The van der Waals surface area contributed by atoms with Crippen LogP contribution in [0.4, 0.5) is 8.78 Å². The average Bonchev–Trinajstić information content (AvgIpc) is 2.72. The van der Waals surface area contributed by atoms with Crippen LogP contribution in [-0.4, -0.2) is 16.1 Å². The molecule has 0 radical (unpaired) electrons. The molecule has 0 bridgehead atoms. The smallest absolute Gasteiger partial charge is 0.129 e. The van der Waals surface area contributed by atoms with E-state index in [-0.39, 0.29) is 12.0 Å². The summed E-state index contributed by atoms with van der Waals surface area (Å²) in [7, 11) is 0. The first-order valence-corrected chi connectivity index (χ1v) is 6.36. The lowest BCUT2D eigenvalue weighted by atomic mass is 10.1. The first kappa shape index (κ1) is 12.4. The average molecular weight is 275 g/mol. The lowest BCUT2D eigenvalue weighted by molar-refractivity contribution is 0.561. The van der Waals surface area contributed by atoms with Crippen LogP contribution < -0.4 is 0 Å². The van der Waals surface area contributed by atoms with Crippen molar-refractivity contribution in [1.29, 1.82) is 0 Å². The number of hydrogen-bond donors (Lipinski definition) is 0. The highest BCUT2D eigenvalue weighted by Gasteiger charge is 2.12. The summed E-state index contributed by atoms with van der Waals surface area (Å²) in [6.07, 6.45) is 0.747. The fraction of sp³-hybridized carbons (Fsp3) is 0.273. The molecule has 2 rings (SSSR count). The minimum absolute atomic E-state index is 0.0288. The molecule has 6 heteroatoms. The molecular formula is C11H9ClF2N2S. The Morgan fingerprint density at radius 3 is 2.41 bits per heavy atom. The van der Waals surface area contributed by atoms with Crippen LogP contribution in [-0.2, 0) is 12.8 Å². The summed E-state index contributed by atoms with van der Waals surface area (Å²) in [6.45, 7) is 0. The van der Waals surface area contributed by atoms with E-state index in [1.54, 1.807) is 0 Å². The van der Waals surface area contributed by atoms with Crippen LogP contribution in [0.15, 0.2) is 18.2 Å². The normalized spacial score (nSPS) is 10.8. The van der Waals surface area contributed by atoms with Gasteiger partial charge in [-0.25, -0.2) is 8.78 Å². The molecule has 17 heavy (non-hydrogen) atoms. The van der Waals surface area contributed by atoms with Gasteiger partial charge < -0.3 is 0 Å². The number of halogens is 3. The van der Waals surface area contributed by atoms with E-state index < -0.39 is 11.6 Å². The molecule has 90 valence electrons. The van der Waals surface area contributed by atoms with Gasteiger partial charge in [-0.15, -0.1) is 33.1 Å². The molecule has 2 nitrogen and oxygen atoms in total. The van der Waals surface area contributed by atoms with Crippen LogP contribution in [0.3, 0.4) is 0 Å². The van der Waals surface area contributed by atoms with E-state index in [4.69, 9.17) is 11.6 Å². The Bertz CT molecular complexity index is 496. The van der Waals surface area contributed by atoms with E-state index in [0.717, 1.165) is 5.01 Å². The molecule has 0 N–H and O–H groups in total. The van der Waals surface area contributed by atoms with Crippen molar-refractivity contribution in [2.24, 2.45) is 0 Å². The molecule has 0 fully saturated rings. The molecule has 0 aliphatic heterocycles. The molecule has 0 unspecified atom stereocenters. The maximum absolute atomic E-state index is 13.4. The molecule has 0 aliphatic carbocycles. The van der Waals surface area contributed by atoms with Gasteiger partial charge in [0.05, 0.1) is 0 Å². The monoisotopic (exact) mass is 274 g/mol. The summed E-state index contributed by atoms with van der Waals surface area (Å²) < 4.78 is 26.8. The van der Waals surface area contributed by atoms with E-state index >= 15 is 0 Å². The summed E-state index contributed by atoms with van der Waals surface area (Å²) in [5.74, 6) is -0.652. The van der Waals surface area contributed by atoms with E-state index in [1.807, 2.05) is 0 Å². The quantitative estimate of drug-likeness (QED) is 0.800. The number of rotatable bonds is 4. The predicted octanol–water partition coefficient (Wildman–Crippen LogP) is 3.19. The maximum Gasteiger partial charge on any atom is 0.129 e. The number of hydrogen-bond acceptors (Lipinski definition) is 3. The second-order valence-electron chi connectivity index (χ2n) is 3.41. The van der Waals surface area contributed by atoms with Gasteiger partial charge >= 0.3 is 0 Å².